The van der Waals surface area contributed by atoms with E-state index in [1.165, 1.54) is 119 Å². The van der Waals surface area contributed by atoms with E-state index in [4.69, 9.17) is 15.0 Å². The number of thiophene rings is 1. The Morgan fingerprint density at radius 2 is 1.10 bits per heavy atom. The van der Waals surface area contributed by atoms with Gasteiger partial charge in [-0.3, -0.25) is 0 Å². The zero-order valence-electron chi connectivity index (χ0n) is 40.3. The van der Waals surface area contributed by atoms with Gasteiger partial charge in [-0.25, -0.2) is 15.0 Å². The van der Waals surface area contributed by atoms with Crippen LogP contribution in [0.4, 0.5) is 0 Å². The number of rotatable bonds is 6. The van der Waals surface area contributed by atoms with E-state index in [2.05, 4.69) is 204 Å². The molecule has 5 atom stereocenters. The molecule has 8 aromatic carbocycles. The van der Waals surface area contributed by atoms with Crippen LogP contribution in [0.1, 0.15) is 82.1 Å². The maximum atomic E-state index is 5.54. The molecule has 2 bridgehead atoms. The average Bonchev–Trinajstić information content (AvgIpc) is 4.02. The third-order valence-electron chi connectivity index (χ3n) is 17.5. The lowest BCUT2D eigenvalue weighted by atomic mass is 9.48. The average molecular weight is 922 g/mol. The van der Waals surface area contributed by atoms with Gasteiger partial charge >= 0.3 is 0 Å². The highest BCUT2D eigenvalue weighted by atomic mass is 32.1. The fourth-order valence-electron chi connectivity index (χ4n) is 14.4. The van der Waals surface area contributed by atoms with Gasteiger partial charge in [-0.05, 0) is 134 Å². The molecule has 2 saturated carbocycles. The molecule has 4 aliphatic rings. The van der Waals surface area contributed by atoms with Gasteiger partial charge in [0, 0.05) is 47.7 Å². The van der Waals surface area contributed by atoms with Gasteiger partial charge in [-0.1, -0.05) is 192 Å². The zero-order valence-corrected chi connectivity index (χ0v) is 41.2. The molecule has 5 unspecified atom stereocenters. The second kappa shape index (κ2) is 15.8. The predicted molar refractivity (Wildman–Crippen MR) is 292 cm³/mol. The van der Waals surface area contributed by atoms with Crippen LogP contribution in [-0.2, 0) is 10.8 Å². The number of fused-ring (bicyclic) bond motifs is 14. The maximum absolute atomic E-state index is 5.54. The van der Waals surface area contributed by atoms with Crippen molar-refractivity contribution >= 4 is 31.5 Å². The summed E-state index contributed by atoms with van der Waals surface area (Å²) in [6.07, 6.45) is 6.41. The summed E-state index contributed by atoms with van der Waals surface area (Å²) in [5.41, 5.74) is 19.1. The number of nitrogens with zero attached hydrogens (tertiary/aromatic N) is 3. The summed E-state index contributed by atoms with van der Waals surface area (Å²) in [6, 6.07) is 65.5. The SMILES string of the molecule is CCC1CC2CC(C)C3(c4ccccc4-c4c(-c5nc(-c6ccccc6)nc(-c6ccc(-c7cccc8c7sc7ccccc78)cc6)n5)ccc(-c5ccc6c(c5)C(C)(C)c5ccccc5-6)c43)C(C1)C2. The van der Waals surface area contributed by atoms with E-state index in [-0.39, 0.29) is 10.8 Å². The lowest BCUT2D eigenvalue weighted by Gasteiger charge is -2.55. The van der Waals surface area contributed by atoms with Crippen LogP contribution in [0.5, 0.6) is 0 Å². The quantitative estimate of drug-likeness (QED) is 0.167. The Bertz CT molecular complexity index is 3730. The molecule has 340 valence electrons. The first-order chi connectivity index (χ1) is 34.3. The Balaban J connectivity index is 0.985. The minimum Gasteiger partial charge on any atom is -0.208 e. The predicted octanol–water partition coefficient (Wildman–Crippen LogP) is 17.6. The van der Waals surface area contributed by atoms with Crippen LogP contribution in [-0.4, -0.2) is 15.0 Å². The van der Waals surface area contributed by atoms with Gasteiger partial charge in [0.1, 0.15) is 0 Å². The van der Waals surface area contributed by atoms with E-state index in [1.807, 2.05) is 11.3 Å². The first-order valence-electron chi connectivity index (χ1n) is 25.6. The summed E-state index contributed by atoms with van der Waals surface area (Å²) < 4.78 is 2.63. The Morgan fingerprint density at radius 3 is 1.91 bits per heavy atom. The fraction of sp³-hybridized carbons (Fsp3) is 0.227. The molecule has 1 spiro atoms. The molecular formula is C66H55N3S. The van der Waals surface area contributed by atoms with Crippen LogP contribution >= 0.6 is 11.3 Å². The summed E-state index contributed by atoms with van der Waals surface area (Å²) in [6.45, 7) is 9.83. The van der Waals surface area contributed by atoms with E-state index in [9.17, 15) is 0 Å². The highest BCUT2D eigenvalue weighted by Gasteiger charge is 2.58. The van der Waals surface area contributed by atoms with E-state index < -0.39 is 0 Å². The van der Waals surface area contributed by atoms with Crippen molar-refractivity contribution in [2.75, 3.05) is 0 Å². The van der Waals surface area contributed by atoms with Crippen molar-refractivity contribution in [1.82, 2.24) is 15.0 Å². The summed E-state index contributed by atoms with van der Waals surface area (Å²) in [7, 11) is 0. The van der Waals surface area contributed by atoms with Crippen molar-refractivity contribution in [3.8, 4) is 78.7 Å². The van der Waals surface area contributed by atoms with Crippen molar-refractivity contribution in [2.24, 2.45) is 23.7 Å². The number of aromatic nitrogens is 3. The Kier molecular flexibility index (Phi) is 9.43. The van der Waals surface area contributed by atoms with Gasteiger partial charge < -0.3 is 0 Å². The van der Waals surface area contributed by atoms with E-state index >= 15 is 0 Å². The minimum absolute atomic E-state index is 0.103. The maximum Gasteiger partial charge on any atom is 0.164 e. The van der Waals surface area contributed by atoms with Crippen LogP contribution in [0.2, 0.25) is 0 Å². The van der Waals surface area contributed by atoms with E-state index in [1.54, 1.807) is 0 Å². The molecule has 4 aliphatic carbocycles. The van der Waals surface area contributed by atoms with Crippen molar-refractivity contribution in [2.45, 2.75) is 70.6 Å². The Hall–Kier alpha value is -7.01. The number of hydrogen-bond donors (Lipinski definition) is 0. The van der Waals surface area contributed by atoms with Crippen LogP contribution < -0.4 is 0 Å². The van der Waals surface area contributed by atoms with Crippen molar-refractivity contribution in [3.63, 3.8) is 0 Å². The molecule has 70 heavy (non-hydrogen) atoms. The van der Waals surface area contributed by atoms with Crippen LogP contribution in [0.3, 0.4) is 0 Å². The second-order valence-electron chi connectivity index (χ2n) is 21.5. The molecule has 2 heterocycles. The molecule has 0 saturated heterocycles. The molecule has 2 fully saturated rings. The minimum atomic E-state index is -0.148. The van der Waals surface area contributed by atoms with Crippen molar-refractivity contribution in [3.05, 3.63) is 198 Å². The molecule has 2 aromatic heterocycles. The molecule has 4 heteroatoms. The summed E-state index contributed by atoms with van der Waals surface area (Å²) in [5, 5.41) is 2.62. The summed E-state index contributed by atoms with van der Waals surface area (Å²) >= 11 is 1.87. The summed E-state index contributed by atoms with van der Waals surface area (Å²) in [5.74, 6) is 4.62. The molecule has 0 radical (unpaired) electrons. The first kappa shape index (κ1) is 41.9. The molecule has 0 N–H and O–H groups in total. The standard InChI is InChI=1S/C66H55N3S/c1-5-40-35-41-34-39(2)66(46(36-40)37-41)56-24-13-10-20-53(56)59-54(33-32-47(60(59)66)45-30-31-50-49-18-9-12-23-55(49)65(3,4)57(50)38-45)64-68-62(43-16-7-6-8-17-43)67-63(69-64)44-28-26-42(27-29-44)48-21-15-22-52-51-19-11-14-25-58(51)70-61(48)52/h6-33,38-41,46H,5,34-37H2,1-4H3. The lowest BCUT2D eigenvalue weighted by molar-refractivity contribution is 0.0371. The Labute approximate surface area is 415 Å². The highest BCUT2D eigenvalue weighted by molar-refractivity contribution is 7.26. The number of benzene rings is 8. The zero-order chi connectivity index (χ0) is 46.9. The fourth-order valence-corrected chi connectivity index (χ4v) is 15.6. The lowest BCUT2D eigenvalue weighted by Crippen LogP contribution is -2.49. The van der Waals surface area contributed by atoms with Gasteiger partial charge in [-0.15, -0.1) is 11.3 Å². The Morgan fingerprint density at radius 1 is 0.486 bits per heavy atom. The summed E-state index contributed by atoms with van der Waals surface area (Å²) in [4.78, 5) is 16.3. The highest BCUT2D eigenvalue weighted by Crippen LogP contribution is 2.67. The largest absolute Gasteiger partial charge is 0.208 e. The molecule has 3 nitrogen and oxygen atoms in total. The normalized spacial score (nSPS) is 21.4. The second-order valence-corrected chi connectivity index (χ2v) is 22.5. The van der Waals surface area contributed by atoms with Gasteiger partial charge in [0.25, 0.3) is 0 Å². The van der Waals surface area contributed by atoms with Gasteiger partial charge in [0.05, 0.1) is 0 Å². The molecular weight excluding hydrogens is 867 g/mol. The van der Waals surface area contributed by atoms with Gasteiger partial charge in [0.15, 0.2) is 17.5 Å². The molecule has 0 amide bonds. The third-order valence-corrected chi connectivity index (χ3v) is 18.7. The van der Waals surface area contributed by atoms with Gasteiger partial charge in [0.2, 0.25) is 0 Å². The van der Waals surface area contributed by atoms with Crippen LogP contribution in [0, 0.1) is 23.7 Å². The first-order valence-corrected chi connectivity index (χ1v) is 26.5. The van der Waals surface area contributed by atoms with Crippen LogP contribution in [0.25, 0.3) is 98.8 Å². The molecule has 0 aliphatic heterocycles. The molecule has 10 aromatic rings. The van der Waals surface area contributed by atoms with Crippen molar-refractivity contribution in [1.29, 1.82) is 0 Å². The monoisotopic (exact) mass is 921 g/mol. The smallest absolute Gasteiger partial charge is 0.164 e. The van der Waals surface area contributed by atoms with Crippen molar-refractivity contribution < 1.29 is 0 Å². The third kappa shape index (κ3) is 6.08. The topological polar surface area (TPSA) is 38.7 Å². The van der Waals surface area contributed by atoms with Gasteiger partial charge in [-0.2, -0.15) is 0 Å². The van der Waals surface area contributed by atoms with E-state index in [0.29, 0.717) is 23.5 Å². The van der Waals surface area contributed by atoms with Crippen LogP contribution in [0.15, 0.2) is 176 Å². The molecule has 14 rings (SSSR count). The van der Waals surface area contributed by atoms with E-state index in [0.717, 1.165) is 34.4 Å². The number of hydrogen-bond acceptors (Lipinski definition) is 4.